The summed E-state index contributed by atoms with van der Waals surface area (Å²) in [5.74, 6) is 1.57. The van der Waals surface area contributed by atoms with Crippen LogP contribution in [-0.2, 0) is 6.54 Å². The van der Waals surface area contributed by atoms with Crippen molar-refractivity contribution in [1.82, 2.24) is 20.1 Å². The first kappa shape index (κ1) is 16.2. The Morgan fingerprint density at radius 3 is 2.65 bits per heavy atom. The highest BCUT2D eigenvalue weighted by atomic mass is 35.5. The van der Waals surface area contributed by atoms with Crippen molar-refractivity contribution in [1.29, 1.82) is 0 Å². The zero-order chi connectivity index (χ0) is 17.8. The molecular formula is C19H14ClN5O. The van der Waals surface area contributed by atoms with Crippen LogP contribution < -0.4 is 5.32 Å². The minimum absolute atomic E-state index is 0.400. The lowest BCUT2D eigenvalue weighted by Crippen LogP contribution is -2.03. The first-order valence-corrected chi connectivity index (χ1v) is 8.35. The molecule has 26 heavy (non-hydrogen) atoms. The van der Waals surface area contributed by atoms with Crippen molar-refractivity contribution >= 4 is 17.4 Å². The third-order valence-electron chi connectivity index (χ3n) is 3.75. The van der Waals surface area contributed by atoms with E-state index in [1.807, 2.05) is 36.4 Å². The van der Waals surface area contributed by atoms with Crippen molar-refractivity contribution in [2.75, 3.05) is 5.32 Å². The molecule has 0 radical (unpaired) electrons. The van der Waals surface area contributed by atoms with E-state index in [4.69, 9.17) is 16.1 Å². The third kappa shape index (κ3) is 3.55. The fraction of sp³-hybridized carbons (Fsp3) is 0.0526. The molecule has 0 fully saturated rings. The minimum Gasteiger partial charge on any atom is -0.365 e. The quantitative estimate of drug-likeness (QED) is 0.564. The van der Waals surface area contributed by atoms with Gasteiger partial charge in [0.2, 0.25) is 5.82 Å². The van der Waals surface area contributed by atoms with Crippen LogP contribution in [-0.4, -0.2) is 20.1 Å². The van der Waals surface area contributed by atoms with E-state index in [2.05, 4.69) is 25.4 Å². The number of hydrogen-bond acceptors (Lipinski definition) is 6. The summed E-state index contributed by atoms with van der Waals surface area (Å²) in [7, 11) is 0. The molecule has 0 saturated carbocycles. The molecule has 0 spiro atoms. The van der Waals surface area contributed by atoms with Gasteiger partial charge in [0.25, 0.3) is 5.89 Å². The van der Waals surface area contributed by atoms with E-state index in [1.54, 1.807) is 30.7 Å². The Morgan fingerprint density at radius 1 is 1.00 bits per heavy atom. The molecule has 1 aromatic carbocycles. The maximum absolute atomic E-state index is 5.92. The standard InChI is InChI=1S/C19H14ClN5O/c20-15-7-5-14(6-8-15)17-24-19(26-25-17)16-4-2-10-22-18(16)23-12-13-3-1-9-21-11-13/h1-11H,12H2,(H,22,23). The zero-order valence-electron chi connectivity index (χ0n) is 13.6. The van der Waals surface area contributed by atoms with E-state index < -0.39 is 0 Å². The average molecular weight is 364 g/mol. The number of pyridine rings is 2. The number of aromatic nitrogens is 4. The summed E-state index contributed by atoms with van der Waals surface area (Å²) in [4.78, 5) is 13.0. The smallest absolute Gasteiger partial charge is 0.261 e. The Morgan fingerprint density at radius 2 is 1.85 bits per heavy atom. The van der Waals surface area contributed by atoms with Crippen molar-refractivity contribution in [3.8, 4) is 22.8 Å². The summed E-state index contributed by atoms with van der Waals surface area (Å²) < 4.78 is 5.44. The van der Waals surface area contributed by atoms with Crippen LogP contribution in [0.25, 0.3) is 22.8 Å². The second-order valence-electron chi connectivity index (χ2n) is 5.54. The number of hydrogen-bond donors (Lipinski definition) is 1. The number of rotatable bonds is 5. The molecule has 0 amide bonds. The van der Waals surface area contributed by atoms with Crippen LogP contribution in [0.3, 0.4) is 0 Å². The van der Waals surface area contributed by atoms with Crippen molar-refractivity contribution in [2.24, 2.45) is 0 Å². The predicted octanol–water partition coefficient (Wildman–Crippen LogP) is 4.46. The first-order valence-electron chi connectivity index (χ1n) is 7.97. The highest BCUT2D eigenvalue weighted by molar-refractivity contribution is 6.30. The van der Waals surface area contributed by atoms with Crippen LogP contribution in [0.15, 0.2) is 71.6 Å². The normalized spacial score (nSPS) is 10.7. The topological polar surface area (TPSA) is 76.7 Å². The molecule has 4 aromatic rings. The van der Waals surface area contributed by atoms with Crippen molar-refractivity contribution in [3.63, 3.8) is 0 Å². The molecule has 4 rings (SSSR count). The van der Waals surface area contributed by atoms with Crippen LogP contribution in [0.1, 0.15) is 5.56 Å². The number of benzene rings is 1. The van der Waals surface area contributed by atoms with Crippen LogP contribution >= 0.6 is 11.6 Å². The van der Waals surface area contributed by atoms with Gasteiger partial charge in [-0.15, -0.1) is 0 Å². The molecule has 0 bridgehead atoms. The number of halogens is 1. The molecule has 0 saturated heterocycles. The minimum atomic E-state index is 0.400. The number of nitrogens with zero attached hydrogens (tertiary/aromatic N) is 4. The lowest BCUT2D eigenvalue weighted by molar-refractivity contribution is 0.432. The molecule has 128 valence electrons. The number of nitrogens with one attached hydrogen (secondary N) is 1. The Hall–Kier alpha value is -3.25. The van der Waals surface area contributed by atoms with E-state index >= 15 is 0 Å². The van der Waals surface area contributed by atoms with E-state index in [0.29, 0.717) is 29.1 Å². The monoisotopic (exact) mass is 363 g/mol. The molecule has 0 unspecified atom stereocenters. The Bertz CT molecular complexity index is 1000. The van der Waals surface area contributed by atoms with Gasteiger partial charge in [0, 0.05) is 35.7 Å². The van der Waals surface area contributed by atoms with Gasteiger partial charge < -0.3 is 9.84 Å². The zero-order valence-corrected chi connectivity index (χ0v) is 14.4. The molecule has 0 atom stereocenters. The molecule has 6 nitrogen and oxygen atoms in total. The molecule has 7 heteroatoms. The summed E-state index contributed by atoms with van der Waals surface area (Å²) in [5.41, 5.74) is 2.62. The molecular weight excluding hydrogens is 350 g/mol. The van der Waals surface area contributed by atoms with Crippen molar-refractivity contribution < 1.29 is 4.52 Å². The molecule has 1 N–H and O–H groups in total. The molecule has 3 heterocycles. The fourth-order valence-electron chi connectivity index (χ4n) is 2.46. The molecule has 0 aliphatic carbocycles. The average Bonchev–Trinajstić information content (AvgIpc) is 3.18. The van der Waals surface area contributed by atoms with Crippen LogP contribution in [0.2, 0.25) is 5.02 Å². The van der Waals surface area contributed by atoms with E-state index in [9.17, 15) is 0 Å². The summed E-state index contributed by atoms with van der Waals surface area (Å²) >= 11 is 5.92. The lowest BCUT2D eigenvalue weighted by Gasteiger charge is -2.08. The van der Waals surface area contributed by atoms with Gasteiger partial charge in [0.1, 0.15) is 5.82 Å². The van der Waals surface area contributed by atoms with Crippen LogP contribution in [0.5, 0.6) is 0 Å². The van der Waals surface area contributed by atoms with Crippen molar-refractivity contribution in [2.45, 2.75) is 6.54 Å². The van der Waals surface area contributed by atoms with Crippen molar-refractivity contribution in [3.05, 3.63) is 77.7 Å². The van der Waals surface area contributed by atoms with Crippen LogP contribution in [0.4, 0.5) is 5.82 Å². The third-order valence-corrected chi connectivity index (χ3v) is 4.00. The first-order chi connectivity index (χ1) is 12.8. The van der Waals surface area contributed by atoms with Gasteiger partial charge in [-0.25, -0.2) is 4.98 Å². The molecule has 3 aromatic heterocycles. The Labute approximate surface area is 154 Å². The molecule has 0 aliphatic heterocycles. The fourth-order valence-corrected chi connectivity index (χ4v) is 2.58. The number of anilines is 1. The van der Waals surface area contributed by atoms with Gasteiger partial charge in [0.15, 0.2) is 0 Å². The highest BCUT2D eigenvalue weighted by Crippen LogP contribution is 2.27. The maximum Gasteiger partial charge on any atom is 0.261 e. The summed E-state index contributed by atoms with van der Waals surface area (Å²) in [6, 6.07) is 14.9. The largest absolute Gasteiger partial charge is 0.365 e. The second kappa shape index (κ2) is 7.33. The SMILES string of the molecule is Clc1ccc(-c2noc(-c3cccnc3NCc3cccnc3)n2)cc1. The van der Waals surface area contributed by atoms with Gasteiger partial charge >= 0.3 is 0 Å². The summed E-state index contributed by atoms with van der Waals surface area (Å²) in [6.45, 7) is 0.593. The molecule has 0 aliphatic rings. The summed E-state index contributed by atoms with van der Waals surface area (Å²) in [6.07, 6.45) is 5.26. The second-order valence-corrected chi connectivity index (χ2v) is 5.98. The van der Waals surface area contributed by atoms with Gasteiger partial charge in [-0.05, 0) is 48.0 Å². The highest BCUT2D eigenvalue weighted by Gasteiger charge is 2.14. The van der Waals surface area contributed by atoms with Crippen LogP contribution in [0, 0.1) is 0 Å². The summed E-state index contributed by atoms with van der Waals surface area (Å²) in [5, 5.41) is 8.00. The van der Waals surface area contributed by atoms with E-state index in [0.717, 1.165) is 16.7 Å². The van der Waals surface area contributed by atoms with E-state index in [-0.39, 0.29) is 0 Å². The lowest BCUT2D eigenvalue weighted by atomic mass is 10.2. The Balaban J connectivity index is 1.59. The predicted molar refractivity (Wildman–Crippen MR) is 99.5 cm³/mol. The van der Waals surface area contributed by atoms with E-state index in [1.165, 1.54) is 0 Å². The maximum atomic E-state index is 5.92. The van der Waals surface area contributed by atoms with Gasteiger partial charge in [-0.2, -0.15) is 4.98 Å². The van der Waals surface area contributed by atoms with Gasteiger partial charge in [-0.1, -0.05) is 22.8 Å². The van der Waals surface area contributed by atoms with Gasteiger partial charge in [-0.3, -0.25) is 4.98 Å². The Kier molecular flexibility index (Phi) is 4.57. The van der Waals surface area contributed by atoms with Gasteiger partial charge in [0.05, 0.1) is 5.56 Å².